The lowest BCUT2D eigenvalue weighted by Crippen LogP contribution is -2.40. The van der Waals surface area contributed by atoms with E-state index in [2.05, 4.69) is 0 Å². The molecular weight excluding hydrogens is 238 g/mol. The zero-order valence-corrected chi connectivity index (χ0v) is 10.5. The summed E-state index contributed by atoms with van der Waals surface area (Å²) >= 11 is 0. The number of carbonyl (C=O) groups is 1. The highest BCUT2D eigenvalue weighted by atomic mass is 32.2. The van der Waals surface area contributed by atoms with Gasteiger partial charge in [-0.1, -0.05) is 18.2 Å². The molecule has 2 rings (SSSR count). The minimum Gasteiger partial charge on any atom is -0.337 e. The minimum absolute atomic E-state index is 0.0287. The van der Waals surface area contributed by atoms with Gasteiger partial charge in [0.15, 0.2) is 0 Å². The van der Waals surface area contributed by atoms with E-state index in [0.717, 1.165) is 12.0 Å². The van der Waals surface area contributed by atoms with Gasteiger partial charge >= 0.3 is 0 Å². The van der Waals surface area contributed by atoms with Crippen LogP contribution in [0.2, 0.25) is 0 Å². The highest BCUT2D eigenvalue weighted by Gasteiger charge is 2.24. The average Bonchev–Trinajstić information content (AvgIpc) is 2.27. The summed E-state index contributed by atoms with van der Waals surface area (Å²) in [7, 11) is -3.02. The summed E-state index contributed by atoms with van der Waals surface area (Å²) in [5.41, 5.74) is 1.75. The zero-order chi connectivity index (χ0) is 12.5. The molecule has 1 amide bonds. The number of carbonyl (C=O) groups excluding carboxylic acids is 1. The summed E-state index contributed by atoms with van der Waals surface area (Å²) in [6, 6.07) is 7.49. The lowest BCUT2D eigenvalue weighted by Gasteiger charge is -2.28. The molecule has 4 nitrogen and oxygen atoms in total. The summed E-state index contributed by atoms with van der Waals surface area (Å²) in [6.45, 7) is 0.886. The molecule has 1 aromatic carbocycles. The Labute approximate surface area is 101 Å². The van der Waals surface area contributed by atoms with Crippen LogP contribution in [0.25, 0.3) is 0 Å². The normalized spacial score (nSPS) is 15.8. The van der Waals surface area contributed by atoms with Crippen molar-refractivity contribution in [2.75, 3.05) is 25.1 Å². The maximum absolute atomic E-state index is 12.1. The van der Waals surface area contributed by atoms with Crippen molar-refractivity contribution in [1.29, 1.82) is 0 Å². The van der Waals surface area contributed by atoms with Crippen LogP contribution in [0, 0.1) is 0 Å². The third kappa shape index (κ3) is 2.85. The standard InChI is InChI=1S/C12H15NO3S/c1-17(15,16)9-8-13-7-6-10-4-2-3-5-11(10)12(13)14/h2-5H,6-9H2,1H3. The molecule has 92 valence electrons. The Kier molecular flexibility index (Phi) is 3.19. The van der Waals surface area contributed by atoms with Crippen molar-refractivity contribution >= 4 is 15.7 Å². The number of amides is 1. The SMILES string of the molecule is CS(=O)(=O)CCN1CCc2ccccc2C1=O. The quantitative estimate of drug-likeness (QED) is 0.798. The summed E-state index contributed by atoms with van der Waals surface area (Å²) in [4.78, 5) is 13.7. The van der Waals surface area contributed by atoms with Gasteiger partial charge in [-0.3, -0.25) is 4.79 Å². The molecule has 1 aromatic rings. The fourth-order valence-corrected chi connectivity index (χ4v) is 2.52. The van der Waals surface area contributed by atoms with Gasteiger partial charge in [0.05, 0.1) is 5.75 Å². The molecule has 17 heavy (non-hydrogen) atoms. The number of hydrogen-bond acceptors (Lipinski definition) is 3. The minimum atomic E-state index is -3.02. The molecule has 0 atom stereocenters. The fraction of sp³-hybridized carbons (Fsp3) is 0.417. The Morgan fingerprint density at radius 2 is 2.00 bits per heavy atom. The van der Waals surface area contributed by atoms with Crippen molar-refractivity contribution in [2.24, 2.45) is 0 Å². The third-order valence-electron chi connectivity index (χ3n) is 2.92. The number of fused-ring (bicyclic) bond motifs is 1. The molecule has 0 unspecified atom stereocenters. The molecule has 0 radical (unpaired) electrons. The highest BCUT2D eigenvalue weighted by Crippen LogP contribution is 2.18. The van der Waals surface area contributed by atoms with Gasteiger partial charge in [-0.2, -0.15) is 0 Å². The molecule has 1 aliphatic heterocycles. The Hall–Kier alpha value is -1.36. The van der Waals surface area contributed by atoms with E-state index in [-0.39, 0.29) is 18.2 Å². The fourth-order valence-electron chi connectivity index (χ4n) is 1.96. The summed E-state index contributed by atoms with van der Waals surface area (Å²) in [6.07, 6.45) is 1.99. The number of benzene rings is 1. The summed E-state index contributed by atoms with van der Waals surface area (Å²) < 4.78 is 22.2. The van der Waals surface area contributed by atoms with Crippen molar-refractivity contribution in [3.63, 3.8) is 0 Å². The average molecular weight is 253 g/mol. The van der Waals surface area contributed by atoms with E-state index in [1.54, 1.807) is 11.0 Å². The predicted octanol–water partition coefficient (Wildman–Crippen LogP) is 0.729. The van der Waals surface area contributed by atoms with Gasteiger partial charge in [-0.05, 0) is 18.1 Å². The molecule has 5 heteroatoms. The molecule has 0 saturated heterocycles. The largest absolute Gasteiger partial charge is 0.337 e. The first kappa shape index (κ1) is 12.1. The predicted molar refractivity (Wildman–Crippen MR) is 65.8 cm³/mol. The van der Waals surface area contributed by atoms with Crippen LogP contribution in [0.4, 0.5) is 0 Å². The van der Waals surface area contributed by atoms with Gasteiger partial charge in [0.25, 0.3) is 5.91 Å². The van der Waals surface area contributed by atoms with E-state index in [9.17, 15) is 13.2 Å². The Bertz CT molecular complexity index is 536. The van der Waals surface area contributed by atoms with E-state index in [0.29, 0.717) is 12.1 Å². The van der Waals surface area contributed by atoms with Crippen molar-refractivity contribution in [1.82, 2.24) is 4.90 Å². The smallest absolute Gasteiger partial charge is 0.254 e. The van der Waals surface area contributed by atoms with Gasteiger partial charge in [0.2, 0.25) is 0 Å². The van der Waals surface area contributed by atoms with Crippen LogP contribution >= 0.6 is 0 Å². The zero-order valence-electron chi connectivity index (χ0n) is 9.72. The van der Waals surface area contributed by atoms with E-state index in [1.165, 1.54) is 6.26 Å². The highest BCUT2D eigenvalue weighted by molar-refractivity contribution is 7.90. The van der Waals surface area contributed by atoms with E-state index in [1.807, 2.05) is 18.2 Å². The lowest BCUT2D eigenvalue weighted by molar-refractivity contribution is 0.0750. The van der Waals surface area contributed by atoms with Crippen molar-refractivity contribution in [3.8, 4) is 0 Å². The number of rotatable bonds is 3. The van der Waals surface area contributed by atoms with Crippen LogP contribution in [0.5, 0.6) is 0 Å². The van der Waals surface area contributed by atoms with Gasteiger partial charge < -0.3 is 4.90 Å². The second-order valence-electron chi connectivity index (χ2n) is 4.33. The van der Waals surface area contributed by atoms with Crippen molar-refractivity contribution in [3.05, 3.63) is 35.4 Å². The monoisotopic (exact) mass is 253 g/mol. The molecule has 1 heterocycles. The molecule has 0 saturated carbocycles. The maximum Gasteiger partial charge on any atom is 0.254 e. The van der Waals surface area contributed by atoms with Crippen LogP contribution in [0.3, 0.4) is 0 Å². The maximum atomic E-state index is 12.1. The van der Waals surface area contributed by atoms with Gasteiger partial charge in [0.1, 0.15) is 9.84 Å². The summed E-state index contributed by atoms with van der Waals surface area (Å²) in [5, 5.41) is 0. The van der Waals surface area contributed by atoms with Gasteiger partial charge in [0, 0.05) is 24.9 Å². The number of nitrogens with zero attached hydrogens (tertiary/aromatic N) is 1. The van der Waals surface area contributed by atoms with E-state index >= 15 is 0 Å². The second kappa shape index (κ2) is 4.49. The first-order chi connectivity index (χ1) is 7.97. The Morgan fingerprint density at radius 1 is 1.29 bits per heavy atom. The van der Waals surface area contributed by atoms with E-state index < -0.39 is 9.84 Å². The molecule has 1 aliphatic rings. The molecule has 0 aromatic heterocycles. The lowest BCUT2D eigenvalue weighted by atomic mass is 9.99. The van der Waals surface area contributed by atoms with Gasteiger partial charge in [-0.25, -0.2) is 8.42 Å². The Morgan fingerprint density at radius 3 is 2.71 bits per heavy atom. The first-order valence-electron chi connectivity index (χ1n) is 5.52. The topological polar surface area (TPSA) is 54.5 Å². The molecule has 0 N–H and O–H groups in total. The van der Waals surface area contributed by atoms with Crippen LogP contribution < -0.4 is 0 Å². The third-order valence-corrected chi connectivity index (χ3v) is 3.84. The number of hydrogen-bond donors (Lipinski definition) is 0. The van der Waals surface area contributed by atoms with Crippen molar-refractivity contribution < 1.29 is 13.2 Å². The van der Waals surface area contributed by atoms with Crippen LogP contribution in [-0.4, -0.2) is 44.3 Å². The van der Waals surface area contributed by atoms with Crippen LogP contribution in [-0.2, 0) is 16.3 Å². The molecule has 0 fully saturated rings. The van der Waals surface area contributed by atoms with Crippen LogP contribution in [0.1, 0.15) is 15.9 Å². The molecule has 0 spiro atoms. The molecular formula is C12H15NO3S. The second-order valence-corrected chi connectivity index (χ2v) is 6.59. The first-order valence-corrected chi connectivity index (χ1v) is 7.58. The summed E-state index contributed by atoms with van der Waals surface area (Å²) in [5.74, 6) is -0.0310. The van der Waals surface area contributed by atoms with Crippen LogP contribution in [0.15, 0.2) is 24.3 Å². The Balaban J connectivity index is 2.13. The van der Waals surface area contributed by atoms with E-state index in [4.69, 9.17) is 0 Å². The van der Waals surface area contributed by atoms with Gasteiger partial charge in [-0.15, -0.1) is 0 Å². The van der Waals surface area contributed by atoms with Crippen molar-refractivity contribution in [2.45, 2.75) is 6.42 Å². The number of sulfone groups is 1. The molecule has 0 bridgehead atoms. The molecule has 0 aliphatic carbocycles.